The summed E-state index contributed by atoms with van der Waals surface area (Å²) in [5.74, 6) is 1.07. The van der Waals surface area contributed by atoms with Crippen LogP contribution in [0, 0.1) is 11.3 Å². The van der Waals surface area contributed by atoms with Gasteiger partial charge in [0.2, 0.25) is 17.7 Å². The molecule has 2 aliphatic heterocycles. The number of anilines is 2. The molecule has 7 heteroatoms. The third kappa shape index (κ3) is 4.12. The first-order valence-corrected chi connectivity index (χ1v) is 13.8. The fourth-order valence-electron chi connectivity index (χ4n) is 7.21. The van der Waals surface area contributed by atoms with E-state index in [0.717, 1.165) is 42.4 Å². The van der Waals surface area contributed by atoms with Crippen molar-refractivity contribution >= 4 is 29.2 Å². The Kier molecular flexibility index (Phi) is 5.85. The number of likely N-dealkylation sites (tertiary alicyclic amines) is 1. The van der Waals surface area contributed by atoms with Gasteiger partial charge in [0.05, 0.1) is 5.41 Å². The van der Waals surface area contributed by atoms with E-state index in [2.05, 4.69) is 15.6 Å². The van der Waals surface area contributed by atoms with E-state index in [4.69, 9.17) is 0 Å². The summed E-state index contributed by atoms with van der Waals surface area (Å²) < 4.78 is 0. The van der Waals surface area contributed by atoms with Crippen molar-refractivity contribution in [2.75, 3.05) is 17.2 Å². The first-order valence-electron chi connectivity index (χ1n) is 13.8. The van der Waals surface area contributed by atoms with Crippen LogP contribution in [-0.4, -0.2) is 40.2 Å². The van der Waals surface area contributed by atoms with Crippen LogP contribution in [0.3, 0.4) is 0 Å². The van der Waals surface area contributed by atoms with E-state index < -0.39 is 10.8 Å². The molecule has 1 aromatic heterocycles. The van der Waals surface area contributed by atoms with Crippen LogP contribution in [0.25, 0.3) is 0 Å². The number of carbonyl (C=O) groups excluding carboxylic acids is 3. The monoisotopic (exact) mass is 500 g/mol. The summed E-state index contributed by atoms with van der Waals surface area (Å²) in [7, 11) is 0. The number of benzene rings is 1. The van der Waals surface area contributed by atoms with Crippen LogP contribution in [0.1, 0.15) is 75.5 Å². The second kappa shape index (κ2) is 8.96. The quantitative estimate of drug-likeness (QED) is 0.642. The van der Waals surface area contributed by atoms with Crippen molar-refractivity contribution in [3.63, 3.8) is 0 Å². The molecule has 37 heavy (non-hydrogen) atoms. The third-order valence-electron chi connectivity index (χ3n) is 9.28. The van der Waals surface area contributed by atoms with Gasteiger partial charge in [0.15, 0.2) is 0 Å². The number of piperidine rings is 1. The smallest absolute Gasteiger partial charge is 0.244 e. The van der Waals surface area contributed by atoms with Crippen molar-refractivity contribution in [1.29, 1.82) is 0 Å². The van der Waals surface area contributed by atoms with Gasteiger partial charge in [-0.1, -0.05) is 45.2 Å². The molecule has 1 aromatic carbocycles. The van der Waals surface area contributed by atoms with Crippen LogP contribution < -0.4 is 10.6 Å². The minimum absolute atomic E-state index is 0.0111. The zero-order valence-electron chi connectivity index (χ0n) is 21.8. The SMILES string of the molecule is CC1(C)CC[C@@H](C2CCCCC2)N(CC(=O)Nc2ccc3c(c2)C[C@@]2(C3)C(=O)Nc3ncccc32)C1=O. The van der Waals surface area contributed by atoms with Crippen molar-refractivity contribution in [1.82, 2.24) is 9.88 Å². The molecule has 0 unspecified atom stereocenters. The molecule has 2 N–H and O–H groups in total. The van der Waals surface area contributed by atoms with Gasteiger partial charge in [-0.15, -0.1) is 0 Å². The third-order valence-corrected chi connectivity index (χ3v) is 9.28. The van der Waals surface area contributed by atoms with Crippen molar-refractivity contribution < 1.29 is 14.4 Å². The van der Waals surface area contributed by atoms with E-state index >= 15 is 0 Å². The number of rotatable bonds is 4. The van der Waals surface area contributed by atoms with Gasteiger partial charge in [0, 0.05) is 28.9 Å². The Morgan fingerprint density at radius 1 is 1.08 bits per heavy atom. The van der Waals surface area contributed by atoms with Gasteiger partial charge in [-0.05, 0) is 73.8 Å². The standard InChI is InChI=1S/C30H36N4O3/c1-29(2)13-12-24(19-7-4-3-5-8-19)34(28(29)37)18-25(35)32-22-11-10-20-16-30(17-21(20)15-22)23-9-6-14-31-26(23)33-27(30)36/h6,9-11,14-15,19,24H,3-5,7-8,12-13,16-18H2,1-2H3,(H,32,35)(H,31,33,36)/t24-,30+/m0/s1. The predicted octanol–water partition coefficient (Wildman–Crippen LogP) is 4.61. The summed E-state index contributed by atoms with van der Waals surface area (Å²) in [4.78, 5) is 45.9. The second-order valence-electron chi connectivity index (χ2n) is 12.1. The number of carbonyl (C=O) groups is 3. The molecule has 2 aromatic rings. The summed E-state index contributed by atoms with van der Waals surface area (Å²) in [5.41, 5.74) is 2.79. The molecule has 1 saturated heterocycles. The van der Waals surface area contributed by atoms with Crippen molar-refractivity contribution in [3.8, 4) is 0 Å². The number of fused-ring (bicyclic) bond motifs is 3. The maximum absolute atomic E-state index is 13.4. The van der Waals surface area contributed by atoms with Gasteiger partial charge in [-0.25, -0.2) is 4.98 Å². The molecule has 3 amide bonds. The van der Waals surface area contributed by atoms with Crippen molar-refractivity contribution in [3.05, 3.63) is 53.2 Å². The number of pyridine rings is 1. The number of nitrogens with zero attached hydrogens (tertiary/aromatic N) is 2. The number of amides is 3. The lowest BCUT2D eigenvalue weighted by Gasteiger charge is -2.46. The Bertz CT molecular complexity index is 1270. The van der Waals surface area contributed by atoms with E-state index in [0.29, 0.717) is 30.3 Å². The van der Waals surface area contributed by atoms with Crippen LogP contribution in [0.4, 0.5) is 11.5 Å². The zero-order chi connectivity index (χ0) is 25.8. The van der Waals surface area contributed by atoms with Crippen molar-refractivity contribution in [2.45, 2.75) is 83.1 Å². The van der Waals surface area contributed by atoms with Crippen LogP contribution >= 0.6 is 0 Å². The fraction of sp³-hybridized carbons (Fsp3) is 0.533. The molecule has 0 bridgehead atoms. The Morgan fingerprint density at radius 3 is 2.68 bits per heavy atom. The summed E-state index contributed by atoms with van der Waals surface area (Å²) in [6.07, 6.45) is 10.8. The van der Waals surface area contributed by atoms with Gasteiger partial charge >= 0.3 is 0 Å². The summed E-state index contributed by atoms with van der Waals surface area (Å²) >= 11 is 0. The van der Waals surface area contributed by atoms with Gasteiger partial charge < -0.3 is 15.5 Å². The van der Waals surface area contributed by atoms with E-state index in [-0.39, 0.29) is 30.3 Å². The van der Waals surface area contributed by atoms with E-state index in [1.54, 1.807) is 6.20 Å². The van der Waals surface area contributed by atoms with Crippen molar-refractivity contribution in [2.24, 2.45) is 11.3 Å². The van der Waals surface area contributed by atoms with Gasteiger partial charge in [-0.2, -0.15) is 0 Å². The molecular weight excluding hydrogens is 464 g/mol. The molecule has 1 saturated carbocycles. The largest absolute Gasteiger partial charge is 0.330 e. The number of nitrogens with one attached hydrogen (secondary N) is 2. The lowest BCUT2D eigenvalue weighted by molar-refractivity contribution is -0.152. The van der Waals surface area contributed by atoms with Gasteiger partial charge in [0.1, 0.15) is 12.4 Å². The molecule has 7 nitrogen and oxygen atoms in total. The average molecular weight is 501 g/mol. The number of hydrogen-bond donors (Lipinski definition) is 2. The Balaban J connectivity index is 1.18. The molecule has 2 atom stereocenters. The fourth-order valence-corrected chi connectivity index (χ4v) is 7.21. The van der Waals surface area contributed by atoms with Crippen LogP contribution in [-0.2, 0) is 32.6 Å². The molecule has 2 fully saturated rings. The van der Waals surface area contributed by atoms with Crippen LogP contribution in [0.15, 0.2) is 36.5 Å². The normalized spacial score (nSPS) is 26.6. The minimum atomic E-state index is -0.631. The average Bonchev–Trinajstić information content (AvgIpc) is 3.40. The lowest BCUT2D eigenvalue weighted by Crippen LogP contribution is -2.56. The van der Waals surface area contributed by atoms with E-state index in [1.165, 1.54) is 19.3 Å². The maximum atomic E-state index is 13.4. The molecule has 194 valence electrons. The van der Waals surface area contributed by atoms with E-state index in [1.807, 2.05) is 49.1 Å². The minimum Gasteiger partial charge on any atom is -0.330 e. The van der Waals surface area contributed by atoms with E-state index in [9.17, 15) is 14.4 Å². The predicted molar refractivity (Wildman–Crippen MR) is 142 cm³/mol. The highest BCUT2D eigenvalue weighted by atomic mass is 16.2. The first kappa shape index (κ1) is 24.1. The Labute approximate surface area is 218 Å². The Morgan fingerprint density at radius 2 is 1.86 bits per heavy atom. The zero-order valence-corrected chi connectivity index (χ0v) is 21.8. The molecular formula is C30H36N4O3. The first-order chi connectivity index (χ1) is 17.8. The van der Waals surface area contributed by atoms with Crippen LogP contribution in [0.2, 0.25) is 0 Å². The summed E-state index contributed by atoms with van der Waals surface area (Å²) in [6, 6.07) is 9.92. The molecule has 2 aliphatic carbocycles. The molecule has 6 rings (SSSR count). The number of aromatic nitrogens is 1. The summed E-state index contributed by atoms with van der Waals surface area (Å²) in [6.45, 7) is 4.09. The van der Waals surface area contributed by atoms with Gasteiger partial charge in [0.25, 0.3) is 0 Å². The highest BCUT2D eigenvalue weighted by molar-refractivity contribution is 6.06. The second-order valence-corrected chi connectivity index (χ2v) is 12.1. The summed E-state index contributed by atoms with van der Waals surface area (Å²) in [5, 5.41) is 6.00. The highest BCUT2D eigenvalue weighted by Crippen LogP contribution is 2.47. The molecule has 1 spiro atoms. The number of hydrogen-bond acceptors (Lipinski definition) is 4. The highest BCUT2D eigenvalue weighted by Gasteiger charge is 2.51. The Hall–Kier alpha value is -3.22. The topological polar surface area (TPSA) is 91.4 Å². The van der Waals surface area contributed by atoms with Gasteiger partial charge in [-0.3, -0.25) is 14.4 Å². The lowest BCUT2D eigenvalue weighted by atomic mass is 9.73. The molecule has 0 radical (unpaired) electrons. The molecule has 4 aliphatic rings. The van der Waals surface area contributed by atoms with Crippen LogP contribution in [0.5, 0.6) is 0 Å². The maximum Gasteiger partial charge on any atom is 0.244 e. The molecule has 3 heterocycles.